The first kappa shape index (κ1) is 15.1. The zero-order valence-electron chi connectivity index (χ0n) is 13.6. The molecule has 0 spiro atoms. The van der Waals surface area contributed by atoms with Crippen LogP contribution in [0.15, 0.2) is 61.1 Å². The van der Waals surface area contributed by atoms with Crippen molar-refractivity contribution in [2.75, 3.05) is 5.32 Å². The number of aryl methyl sites for hydroxylation is 1. The number of benzene rings is 1. The molecular weight excluding hydrogens is 316 g/mol. The lowest BCUT2D eigenvalue weighted by Gasteiger charge is -2.03. The lowest BCUT2D eigenvalue weighted by Crippen LogP contribution is -2.19. The van der Waals surface area contributed by atoms with Crippen molar-refractivity contribution in [3.8, 4) is 11.1 Å². The van der Waals surface area contributed by atoms with Crippen LogP contribution < -0.4 is 5.32 Å². The first-order chi connectivity index (χ1) is 12.2. The topological polar surface area (TPSA) is 77.1 Å². The average molecular weight is 332 g/mol. The number of anilines is 1. The molecule has 0 bridgehead atoms. The lowest BCUT2D eigenvalue weighted by molar-refractivity contribution is -0.116. The minimum atomic E-state index is -0.224. The fourth-order valence-corrected chi connectivity index (χ4v) is 2.64. The molecule has 0 aliphatic carbocycles. The summed E-state index contributed by atoms with van der Waals surface area (Å²) in [7, 11) is 0. The van der Waals surface area contributed by atoms with Gasteiger partial charge in [-0.3, -0.25) is 14.8 Å². The number of carbonyl (C=O) groups excluding carboxylic acids is 1. The molecule has 1 N–H and O–H groups in total. The van der Waals surface area contributed by atoms with Gasteiger partial charge in [-0.15, -0.1) is 5.10 Å². The fourth-order valence-electron chi connectivity index (χ4n) is 2.64. The highest BCUT2D eigenvalue weighted by Gasteiger charge is 2.09. The number of hydrogen-bond acceptors (Lipinski definition) is 4. The van der Waals surface area contributed by atoms with Gasteiger partial charge >= 0.3 is 0 Å². The molecular formula is C18H16N6O. The standard InChI is InChI=1S/C18H16N6O/c1-13-4-2-5-14(10-13)15-6-7-16-20-18(22-24(16)11-15)21-17(25)12-23-9-3-8-19-23/h2-11H,12H2,1H3,(H,21,22,25). The molecule has 3 heterocycles. The smallest absolute Gasteiger partial charge is 0.249 e. The molecule has 3 aromatic heterocycles. The van der Waals surface area contributed by atoms with E-state index in [2.05, 4.69) is 45.6 Å². The molecule has 0 radical (unpaired) electrons. The van der Waals surface area contributed by atoms with E-state index >= 15 is 0 Å². The maximum Gasteiger partial charge on any atom is 0.249 e. The summed E-state index contributed by atoms with van der Waals surface area (Å²) < 4.78 is 3.21. The molecule has 0 fully saturated rings. The molecule has 1 amide bonds. The molecule has 0 unspecified atom stereocenters. The molecule has 0 aliphatic rings. The molecule has 0 aliphatic heterocycles. The Bertz CT molecular complexity index is 1030. The van der Waals surface area contributed by atoms with Crippen molar-refractivity contribution in [1.29, 1.82) is 0 Å². The predicted molar refractivity (Wildman–Crippen MR) is 94.0 cm³/mol. The Morgan fingerprint density at radius 2 is 2.08 bits per heavy atom. The number of amides is 1. The molecule has 25 heavy (non-hydrogen) atoms. The van der Waals surface area contributed by atoms with E-state index in [0.29, 0.717) is 5.65 Å². The second-order valence-corrected chi connectivity index (χ2v) is 5.78. The molecule has 7 heteroatoms. The summed E-state index contributed by atoms with van der Waals surface area (Å²) in [5, 5.41) is 11.0. The molecule has 0 saturated heterocycles. The Labute approximate surface area is 143 Å². The van der Waals surface area contributed by atoms with Crippen LogP contribution in [0.4, 0.5) is 5.95 Å². The number of carbonyl (C=O) groups is 1. The van der Waals surface area contributed by atoms with Crippen molar-refractivity contribution in [2.45, 2.75) is 13.5 Å². The fraction of sp³-hybridized carbons (Fsp3) is 0.111. The normalized spacial score (nSPS) is 10.9. The summed E-state index contributed by atoms with van der Waals surface area (Å²) in [6, 6.07) is 13.9. The number of pyridine rings is 1. The molecule has 1 aromatic carbocycles. The van der Waals surface area contributed by atoms with E-state index in [0.717, 1.165) is 11.1 Å². The van der Waals surface area contributed by atoms with Gasteiger partial charge in [-0.2, -0.15) is 10.1 Å². The van der Waals surface area contributed by atoms with Crippen LogP contribution in [0, 0.1) is 6.92 Å². The third-order valence-corrected chi connectivity index (χ3v) is 3.80. The second kappa shape index (κ2) is 6.20. The van der Waals surface area contributed by atoms with Gasteiger partial charge in [0.1, 0.15) is 6.54 Å². The van der Waals surface area contributed by atoms with Crippen molar-refractivity contribution in [2.24, 2.45) is 0 Å². The van der Waals surface area contributed by atoms with Gasteiger partial charge in [0, 0.05) is 24.2 Å². The summed E-state index contributed by atoms with van der Waals surface area (Å²) in [5.41, 5.74) is 4.02. The van der Waals surface area contributed by atoms with Crippen molar-refractivity contribution in [3.63, 3.8) is 0 Å². The molecule has 4 rings (SSSR count). The number of nitrogens with one attached hydrogen (secondary N) is 1. The van der Waals surface area contributed by atoms with Gasteiger partial charge < -0.3 is 0 Å². The maximum absolute atomic E-state index is 12.0. The molecule has 124 valence electrons. The van der Waals surface area contributed by atoms with Crippen molar-refractivity contribution in [3.05, 3.63) is 66.6 Å². The lowest BCUT2D eigenvalue weighted by atomic mass is 10.1. The zero-order chi connectivity index (χ0) is 17.2. The quantitative estimate of drug-likeness (QED) is 0.623. The molecule has 7 nitrogen and oxygen atoms in total. The molecule has 4 aromatic rings. The minimum absolute atomic E-state index is 0.122. The van der Waals surface area contributed by atoms with Crippen LogP contribution in [0.1, 0.15) is 5.56 Å². The van der Waals surface area contributed by atoms with Crippen molar-refractivity contribution < 1.29 is 4.79 Å². The third-order valence-electron chi connectivity index (χ3n) is 3.80. The Kier molecular flexibility index (Phi) is 3.74. The highest BCUT2D eigenvalue weighted by Crippen LogP contribution is 2.21. The summed E-state index contributed by atoms with van der Waals surface area (Å²) in [5.74, 6) is 0.0528. The van der Waals surface area contributed by atoms with Gasteiger partial charge in [-0.1, -0.05) is 29.8 Å². The second-order valence-electron chi connectivity index (χ2n) is 5.78. The largest absolute Gasteiger partial charge is 0.292 e. The first-order valence-corrected chi connectivity index (χ1v) is 7.88. The Morgan fingerprint density at radius 3 is 2.88 bits per heavy atom. The van der Waals surface area contributed by atoms with Gasteiger partial charge in [0.2, 0.25) is 11.9 Å². The van der Waals surface area contributed by atoms with E-state index in [1.54, 1.807) is 27.7 Å². The highest BCUT2D eigenvalue weighted by atomic mass is 16.2. The van der Waals surface area contributed by atoms with Gasteiger partial charge in [0.15, 0.2) is 5.65 Å². The van der Waals surface area contributed by atoms with Gasteiger partial charge in [-0.05, 0) is 30.7 Å². The van der Waals surface area contributed by atoms with E-state index < -0.39 is 0 Å². The van der Waals surface area contributed by atoms with Crippen molar-refractivity contribution in [1.82, 2.24) is 24.4 Å². The monoisotopic (exact) mass is 332 g/mol. The minimum Gasteiger partial charge on any atom is -0.292 e. The highest BCUT2D eigenvalue weighted by molar-refractivity contribution is 5.88. The zero-order valence-corrected chi connectivity index (χ0v) is 13.6. The summed E-state index contributed by atoms with van der Waals surface area (Å²) >= 11 is 0. The van der Waals surface area contributed by atoms with Crippen LogP contribution in [0.3, 0.4) is 0 Å². The number of aromatic nitrogens is 5. The number of fused-ring (bicyclic) bond motifs is 1. The summed E-state index contributed by atoms with van der Waals surface area (Å²) in [4.78, 5) is 16.3. The van der Waals surface area contributed by atoms with Crippen LogP contribution in [0.25, 0.3) is 16.8 Å². The molecule has 0 atom stereocenters. The van der Waals surface area contributed by atoms with Gasteiger partial charge in [-0.25, -0.2) is 4.52 Å². The van der Waals surface area contributed by atoms with Gasteiger partial charge in [0.05, 0.1) is 0 Å². The molecule has 0 saturated carbocycles. The SMILES string of the molecule is Cc1cccc(-c2ccc3nc(NC(=O)Cn4cccn4)nn3c2)c1. The van der Waals surface area contributed by atoms with E-state index in [4.69, 9.17) is 0 Å². The van der Waals surface area contributed by atoms with Crippen LogP contribution in [-0.4, -0.2) is 30.3 Å². The van der Waals surface area contributed by atoms with Gasteiger partial charge in [0.25, 0.3) is 0 Å². The average Bonchev–Trinajstić information content (AvgIpc) is 3.22. The van der Waals surface area contributed by atoms with Crippen LogP contribution in [0.2, 0.25) is 0 Å². The Hall–Kier alpha value is -3.48. The van der Waals surface area contributed by atoms with E-state index in [1.807, 2.05) is 24.4 Å². The predicted octanol–water partition coefficient (Wildman–Crippen LogP) is 2.54. The van der Waals surface area contributed by atoms with E-state index in [1.165, 1.54) is 5.56 Å². The van der Waals surface area contributed by atoms with Crippen LogP contribution in [-0.2, 0) is 11.3 Å². The maximum atomic E-state index is 12.0. The van der Waals surface area contributed by atoms with Crippen LogP contribution in [0.5, 0.6) is 0 Å². The van der Waals surface area contributed by atoms with Crippen LogP contribution >= 0.6 is 0 Å². The number of hydrogen-bond donors (Lipinski definition) is 1. The number of nitrogens with zero attached hydrogens (tertiary/aromatic N) is 5. The Morgan fingerprint density at radius 1 is 1.16 bits per heavy atom. The third kappa shape index (κ3) is 3.25. The number of rotatable bonds is 4. The Balaban J connectivity index is 1.57. The van der Waals surface area contributed by atoms with E-state index in [9.17, 15) is 4.79 Å². The summed E-state index contributed by atoms with van der Waals surface area (Å²) in [6.45, 7) is 2.18. The van der Waals surface area contributed by atoms with Crippen molar-refractivity contribution >= 4 is 17.5 Å². The summed E-state index contributed by atoms with van der Waals surface area (Å²) in [6.07, 6.45) is 5.26. The van der Waals surface area contributed by atoms with E-state index in [-0.39, 0.29) is 18.4 Å². The first-order valence-electron chi connectivity index (χ1n) is 7.88.